The highest BCUT2D eigenvalue weighted by molar-refractivity contribution is 6.41. The zero-order valence-corrected chi connectivity index (χ0v) is 12.8. The standard InChI is InChI=1S/C15H14Cl2N2O2/c1-15(9-20,11-5-3-2-4-6-11)19-14(21)10-7-12(16)13(17)18-8-10/h2-8,20H,9H2,1H3,(H,19,21). The van der Waals surface area contributed by atoms with Crippen LogP contribution < -0.4 is 5.32 Å². The average Bonchev–Trinajstić information content (AvgIpc) is 2.50. The van der Waals surface area contributed by atoms with E-state index in [4.69, 9.17) is 23.2 Å². The number of aliphatic hydroxyl groups excluding tert-OH is 1. The second kappa shape index (κ2) is 6.43. The third kappa shape index (κ3) is 3.53. The lowest BCUT2D eigenvalue weighted by Gasteiger charge is -2.29. The Balaban J connectivity index is 2.26. The summed E-state index contributed by atoms with van der Waals surface area (Å²) >= 11 is 11.6. The van der Waals surface area contributed by atoms with Gasteiger partial charge in [0.15, 0.2) is 0 Å². The molecule has 1 aromatic heterocycles. The van der Waals surface area contributed by atoms with E-state index in [1.54, 1.807) is 6.92 Å². The molecule has 0 aliphatic rings. The summed E-state index contributed by atoms with van der Waals surface area (Å²) in [5.41, 5.74) is 0.179. The first-order valence-corrected chi connectivity index (χ1v) is 7.02. The number of nitrogens with one attached hydrogen (secondary N) is 1. The van der Waals surface area contributed by atoms with Crippen LogP contribution >= 0.6 is 23.2 Å². The van der Waals surface area contributed by atoms with Crippen LogP contribution in [0.1, 0.15) is 22.8 Å². The average molecular weight is 325 g/mol. The maximum absolute atomic E-state index is 12.3. The number of benzene rings is 1. The molecule has 2 aromatic rings. The van der Waals surface area contributed by atoms with Crippen LogP contribution in [0.3, 0.4) is 0 Å². The molecule has 1 heterocycles. The van der Waals surface area contributed by atoms with Crippen molar-refractivity contribution in [3.8, 4) is 0 Å². The Hall–Kier alpha value is -1.62. The molecule has 110 valence electrons. The van der Waals surface area contributed by atoms with Crippen LogP contribution in [-0.4, -0.2) is 22.6 Å². The molecule has 0 radical (unpaired) electrons. The molecule has 0 fully saturated rings. The highest BCUT2D eigenvalue weighted by Gasteiger charge is 2.28. The molecule has 0 saturated heterocycles. The monoisotopic (exact) mass is 324 g/mol. The molecule has 0 aliphatic carbocycles. The van der Waals surface area contributed by atoms with Crippen molar-refractivity contribution < 1.29 is 9.90 Å². The molecule has 6 heteroatoms. The predicted octanol–water partition coefficient (Wildman–Crippen LogP) is 3.03. The van der Waals surface area contributed by atoms with Crippen LogP contribution in [0.15, 0.2) is 42.6 Å². The fourth-order valence-corrected chi connectivity index (χ4v) is 2.15. The van der Waals surface area contributed by atoms with E-state index in [1.165, 1.54) is 12.3 Å². The van der Waals surface area contributed by atoms with Crippen molar-refractivity contribution in [3.05, 3.63) is 63.9 Å². The van der Waals surface area contributed by atoms with Crippen LogP contribution in [0.4, 0.5) is 0 Å². The molecule has 2 rings (SSSR count). The topological polar surface area (TPSA) is 62.2 Å². The van der Waals surface area contributed by atoms with Gasteiger partial charge in [-0.15, -0.1) is 0 Å². The lowest BCUT2D eigenvalue weighted by Crippen LogP contribution is -2.46. The molecular weight excluding hydrogens is 311 g/mol. The number of carbonyl (C=O) groups excluding carboxylic acids is 1. The second-order valence-electron chi connectivity index (χ2n) is 4.81. The molecule has 0 saturated carbocycles. The third-order valence-corrected chi connectivity index (χ3v) is 3.86. The zero-order chi connectivity index (χ0) is 15.5. The molecule has 0 aliphatic heterocycles. The first-order valence-electron chi connectivity index (χ1n) is 6.26. The summed E-state index contributed by atoms with van der Waals surface area (Å²) in [6.45, 7) is 1.50. The van der Waals surface area contributed by atoms with Gasteiger partial charge in [-0.1, -0.05) is 53.5 Å². The van der Waals surface area contributed by atoms with Crippen LogP contribution in [-0.2, 0) is 5.54 Å². The van der Waals surface area contributed by atoms with Gasteiger partial charge in [-0.25, -0.2) is 4.98 Å². The second-order valence-corrected chi connectivity index (χ2v) is 5.57. The Morgan fingerprint density at radius 2 is 2.00 bits per heavy atom. The summed E-state index contributed by atoms with van der Waals surface area (Å²) in [6.07, 6.45) is 1.34. The summed E-state index contributed by atoms with van der Waals surface area (Å²) in [7, 11) is 0. The minimum atomic E-state index is -0.898. The SMILES string of the molecule is CC(CO)(NC(=O)c1cnc(Cl)c(Cl)c1)c1ccccc1. The number of nitrogens with zero attached hydrogens (tertiary/aromatic N) is 1. The van der Waals surface area contributed by atoms with E-state index in [-0.39, 0.29) is 28.3 Å². The van der Waals surface area contributed by atoms with Gasteiger partial charge in [-0.2, -0.15) is 0 Å². The number of carbonyl (C=O) groups is 1. The van der Waals surface area contributed by atoms with E-state index in [0.717, 1.165) is 5.56 Å². The van der Waals surface area contributed by atoms with Crippen LogP contribution in [0.2, 0.25) is 10.2 Å². The van der Waals surface area contributed by atoms with E-state index in [0.29, 0.717) is 0 Å². The Morgan fingerprint density at radius 1 is 1.33 bits per heavy atom. The Bertz CT molecular complexity index is 649. The van der Waals surface area contributed by atoms with Crippen molar-refractivity contribution in [2.45, 2.75) is 12.5 Å². The Kier molecular flexibility index (Phi) is 4.83. The summed E-state index contributed by atoms with van der Waals surface area (Å²) in [5, 5.41) is 12.8. The van der Waals surface area contributed by atoms with E-state index >= 15 is 0 Å². The van der Waals surface area contributed by atoms with Crippen LogP contribution in [0.25, 0.3) is 0 Å². The molecule has 21 heavy (non-hydrogen) atoms. The molecule has 2 N–H and O–H groups in total. The number of pyridine rings is 1. The normalized spacial score (nSPS) is 13.5. The summed E-state index contributed by atoms with van der Waals surface area (Å²) < 4.78 is 0. The molecular formula is C15H14Cl2N2O2. The van der Waals surface area contributed by atoms with Gasteiger partial charge in [0.25, 0.3) is 5.91 Å². The zero-order valence-electron chi connectivity index (χ0n) is 11.3. The molecule has 1 amide bonds. The molecule has 0 spiro atoms. The first kappa shape index (κ1) is 15.8. The van der Waals surface area contributed by atoms with E-state index in [9.17, 15) is 9.90 Å². The predicted molar refractivity (Wildman–Crippen MR) is 82.6 cm³/mol. The van der Waals surface area contributed by atoms with Crippen molar-refractivity contribution in [1.82, 2.24) is 10.3 Å². The van der Waals surface area contributed by atoms with Gasteiger partial charge in [0.2, 0.25) is 0 Å². The highest BCUT2D eigenvalue weighted by Crippen LogP contribution is 2.23. The van der Waals surface area contributed by atoms with Gasteiger partial charge < -0.3 is 10.4 Å². The summed E-state index contributed by atoms with van der Waals surface area (Å²) in [6, 6.07) is 10.7. The van der Waals surface area contributed by atoms with Gasteiger partial charge in [0.05, 0.1) is 22.7 Å². The smallest absolute Gasteiger partial charge is 0.253 e. The number of rotatable bonds is 4. The molecule has 4 nitrogen and oxygen atoms in total. The fourth-order valence-electron chi connectivity index (χ4n) is 1.88. The summed E-state index contributed by atoms with van der Waals surface area (Å²) in [5.74, 6) is -0.388. The van der Waals surface area contributed by atoms with Crippen molar-refractivity contribution in [2.24, 2.45) is 0 Å². The van der Waals surface area contributed by atoms with Gasteiger partial charge in [0.1, 0.15) is 5.15 Å². The van der Waals surface area contributed by atoms with Crippen molar-refractivity contribution >= 4 is 29.1 Å². The third-order valence-electron chi connectivity index (χ3n) is 3.18. The van der Waals surface area contributed by atoms with E-state index < -0.39 is 5.54 Å². The van der Waals surface area contributed by atoms with E-state index in [2.05, 4.69) is 10.3 Å². The number of halogens is 2. The lowest BCUT2D eigenvalue weighted by atomic mass is 9.92. The van der Waals surface area contributed by atoms with Crippen molar-refractivity contribution in [3.63, 3.8) is 0 Å². The number of amides is 1. The van der Waals surface area contributed by atoms with Gasteiger partial charge in [-0.05, 0) is 18.6 Å². The van der Waals surface area contributed by atoms with E-state index in [1.807, 2.05) is 30.3 Å². The maximum atomic E-state index is 12.3. The largest absolute Gasteiger partial charge is 0.394 e. The Morgan fingerprint density at radius 3 is 2.57 bits per heavy atom. The lowest BCUT2D eigenvalue weighted by molar-refractivity contribution is 0.0849. The number of aliphatic hydroxyl groups is 1. The molecule has 1 atom stereocenters. The number of hydrogen-bond donors (Lipinski definition) is 2. The molecule has 1 unspecified atom stereocenters. The Labute approximate surface area is 132 Å². The first-order chi connectivity index (χ1) is 9.96. The van der Waals surface area contributed by atoms with Gasteiger partial charge in [0, 0.05) is 6.20 Å². The molecule has 0 bridgehead atoms. The number of aromatic nitrogens is 1. The summed E-state index contributed by atoms with van der Waals surface area (Å²) in [4.78, 5) is 16.1. The molecule has 1 aromatic carbocycles. The fraction of sp³-hybridized carbons (Fsp3) is 0.200. The van der Waals surface area contributed by atoms with Crippen LogP contribution in [0, 0.1) is 0 Å². The van der Waals surface area contributed by atoms with Gasteiger partial charge >= 0.3 is 0 Å². The van der Waals surface area contributed by atoms with Gasteiger partial charge in [-0.3, -0.25) is 4.79 Å². The van der Waals surface area contributed by atoms with Crippen molar-refractivity contribution in [1.29, 1.82) is 0 Å². The minimum Gasteiger partial charge on any atom is -0.394 e. The maximum Gasteiger partial charge on any atom is 0.253 e. The van der Waals surface area contributed by atoms with Crippen LogP contribution in [0.5, 0.6) is 0 Å². The highest BCUT2D eigenvalue weighted by atomic mass is 35.5. The quantitative estimate of drug-likeness (QED) is 0.850. The minimum absolute atomic E-state index is 0.140. The number of hydrogen-bond acceptors (Lipinski definition) is 3. The van der Waals surface area contributed by atoms with Crippen molar-refractivity contribution in [2.75, 3.05) is 6.61 Å².